The SMILES string of the molecule is COc1cccc(C(CN2CCN(C(=O)Nc3ccc(F)cc3)CC2)OCc2ccc(C)cc2)c1. The van der Waals surface area contributed by atoms with E-state index in [1.54, 1.807) is 24.1 Å². The zero-order valence-corrected chi connectivity index (χ0v) is 20.2. The Hall–Kier alpha value is -3.42. The van der Waals surface area contributed by atoms with Crippen LogP contribution >= 0.6 is 0 Å². The summed E-state index contributed by atoms with van der Waals surface area (Å²) < 4.78 is 24.9. The summed E-state index contributed by atoms with van der Waals surface area (Å²) >= 11 is 0. The maximum absolute atomic E-state index is 13.1. The van der Waals surface area contributed by atoms with E-state index in [-0.39, 0.29) is 18.0 Å². The van der Waals surface area contributed by atoms with Crippen LogP contribution in [-0.2, 0) is 11.3 Å². The zero-order chi connectivity index (χ0) is 24.6. The van der Waals surface area contributed by atoms with Crippen molar-refractivity contribution in [1.82, 2.24) is 9.80 Å². The number of anilines is 1. The van der Waals surface area contributed by atoms with Gasteiger partial charge in [0.1, 0.15) is 11.6 Å². The van der Waals surface area contributed by atoms with Gasteiger partial charge in [-0.2, -0.15) is 0 Å². The summed E-state index contributed by atoms with van der Waals surface area (Å²) in [6.07, 6.45) is -0.133. The fourth-order valence-corrected chi connectivity index (χ4v) is 4.08. The van der Waals surface area contributed by atoms with E-state index in [2.05, 4.69) is 47.5 Å². The summed E-state index contributed by atoms with van der Waals surface area (Å²) in [6.45, 7) is 6.00. The van der Waals surface area contributed by atoms with Gasteiger partial charge in [-0.05, 0) is 54.4 Å². The van der Waals surface area contributed by atoms with Gasteiger partial charge in [-0.3, -0.25) is 4.90 Å². The molecule has 184 valence electrons. The fraction of sp³-hybridized carbons (Fsp3) is 0.321. The average Bonchev–Trinajstić information content (AvgIpc) is 2.89. The molecular weight excluding hydrogens is 445 g/mol. The average molecular weight is 478 g/mol. The molecule has 7 heteroatoms. The molecule has 4 rings (SSSR count). The minimum Gasteiger partial charge on any atom is -0.497 e. The predicted octanol–water partition coefficient (Wildman–Crippen LogP) is 5.25. The normalized spacial score (nSPS) is 15.0. The lowest BCUT2D eigenvalue weighted by Crippen LogP contribution is -2.50. The number of urea groups is 1. The molecule has 6 nitrogen and oxygen atoms in total. The second kappa shape index (κ2) is 11.8. The molecule has 1 saturated heterocycles. The van der Waals surface area contributed by atoms with E-state index in [4.69, 9.17) is 9.47 Å². The molecule has 0 bridgehead atoms. The number of ether oxygens (including phenoxy) is 2. The monoisotopic (exact) mass is 477 g/mol. The number of methoxy groups -OCH3 is 1. The minimum atomic E-state index is -0.327. The Morgan fingerprint density at radius 1 is 1.00 bits per heavy atom. The molecule has 1 N–H and O–H groups in total. The molecule has 0 aliphatic carbocycles. The van der Waals surface area contributed by atoms with Crippen molar-refractivity contribution in [2.75, 3.05) is 45.2 Å². The van der Waals surface area contributed by atoms with Crippen LogP contribution in [0.4, 0.5) is 14.9 Å². The van der Waals surface area contributed by atoms with Crippen molar-refractivity contribution in [3.8, 4) is 5.75 Å². The first kappa shape index (κ1) is 24.7. The number of nitrogens with zero attached hydrogens (tertiary/aromatic N) is 2. The number of hydrogen-bond donors (Lipinski definition) is 1. The molecule has 0 aromatic heterocycles. The van der Waals surface area contributed by atoms with Gasteiger partial charge in [0.2, 0.25) is 0 Å². The van der Waals surface area contributed by atoms with Gasteiger partial charge in [0.15, 0.2) is 0 Å². The fourth-order valence-electron chi connectivity index (χ4n) is 4.08. The Bertz CT molecular complexity index is 1100. The van der Waals surface area contributed by atoms with E-state index in [0.717, 1.165) is 30.0 Å². The van der Waals surface area contributed by atoms with Crippen molar-refractivity contribution in [3.63, 3.8) is 0 Å². The van der Waals surface area contributed by atoms with Crippen LogP contribution in [0.25, 0.3) is 0 Å². The quantitative estimate of drug-likeness (QED) is 0.482. The number of piperazine rings is 1. The lowest BCUT2D eigenvalue weighted by atomic mass is 10.1. The maximum Gasteiger partial charge on any atom is 0.321 e. The minimum absolute atomic E-state index is 0.133. The Balaban J connectivity index is 1.36. The molecule has 1 aliphatic heterocycles. The third-order valence-corrected chi connectivity index (χ3v) is 6.22. The molecule has 0 radical (unpaired) electrons. The smallest absolute Gasteiger partial charge is 0.321 e. The second-order valence-electron chi connectivity index (χ2n) is 8.79. The summed E-state index contributed by atoms with van der Waals surface area (Å²) in [5.74, 6) is 0.473. The summed E-state index contributed by atoms with van der Waals surface area (Å²) in [5.41, 5.74) is 4.00. The number of nitrogens with one attached hydrogen (secondary N) is 1. The van der Waals surface area contributed by atoms with Crippen LogP contribution in [0, 0.1) is 12.7 Å². The van der Waals surface area contributed by atoms with Crippen molar-refractivity contribution in [2.24, 2.45) is 0 Å². The standard InChI is InChI=1S/C28H32FN3O3/c1-21-6-8-22(9-7-21)20-35-27(23-4-3-5-26(18-23)34-2)19-31-14-16-32(17-15-31)28(33)30-25-12-10-24(29)11-13-25/h3-13,18,27H,14-17,19-20H2,1-2H3,(H,30,33). The Morgan fingerprint density at radius 2 is 1.71 bits per heavy atom. The molecule has 35 heavy (non-hydrogen) atoms. The van der Waals surface area contributed by atoms with Gasteiger partial charge in [-0.25, -0.2) is 9.18 Å². The van der Waals surface area contributed by atoms with Gasteiger partial charge in [0, 0.05) is 38.4 Å². The van der Waals surface area contributed by atoms with E-state index < -0.39 is 0 Å². The van der Waals surface area contributed by atoms with E-state index in [1.165, 1.54) is 17.7 Å². The van der Waals surface area contributed by atoms with Gasteiger partial charge < -0.3 is 19.7 Å². The third-order valence-electron chi connectivity index (χ3n) is 6.22. The lowest BCUT2D eigenvalue weighted by molar-refractivity contribution is 0.00584. The number of benzene rings is 3. The third kappa shape index (κ3) is 7.04. The number of aryl methyl sites for hydroxylation is 1. The van der Waals surface area contributed by atoms with Crippen molar-refractivity contribution < 1.29 is 18.7 Å². The van der Waals surface area contributed by atoms with E-state index in [0.29, 0.717) is 31.9 Å². The van der Waals surface area contributed by atoms with Crippen LogP contribution in [0.2, 0.25) is 0 Å². The number of hydrogen-bond acceptors (Lipinski definition) is 4. The molecule has 3 aromatic rings. The van der Waals surface area contributed by atoms with Crippen LogP contribution in [0.15, 0.2) is 72.8 Å². The summed E-state index contributed by atoms with van der Waals surface area (Å²) in [4.78, 5) is 16.7. The molecule has 1 fully saturated rings. The molecule has 1 aliphatic rings. The van der Waals surface area contributed by atoms with Gasteiger partial charge in [0.25, 0.3) is 0 Å². The second-order valence-corrected chi connectivity index (χ2v) is 8.79. The van der Waals surface area contributed by atoms with E-state index in [1.807, 2.05) is 18.2 Å². The summed E-state index contributed by atoms with van der Waals surface area (Å²) in [6, 6.07) is 22.0. The van der Waals surface area contributed by atoms with Gasteiger partial charge in [0.05, 0.1) is 19.8 Å². The number of halogens is 1. The molecule has 1 atom stereocenters. The van der Waals surface area contributed by atoms with Crippen LogP contribution in [0.3, 0.4) is 0 Å². The number of rotatable bonds is 8. The molecule has 1 heterocycles. The summed E-state index contributed by atoms with van der Waals surface area (Å²) in [5, 5.41) is 2.84. The van der Waals surface area contributed by atoms with Gasteiger partial charge in [-0.15, -0.1) is 0 Å². The van der Waals surface area contributed by atoms with Crippen molar-refractivity contribution in [2.45, 2.75) is 19.6 Å². The molecule has 0 saturated carbocycles. The maximum atomic E-state index is 13.1. The van der Waals surface area contributed by atoms with Gasteiger partial charge in [-0.1, -0.05) is 42.0 Å². The largest absolute Gasteiger partial charge is 0.497 e. The highest BCUT2D eigenvalue weighted by Gasteiger charge is 2.24. The highest BCUT2D eigenvalue weighted by Crippen LogP contribution is 2.25. The molecule has 2 amide bonds. The first-order valence-electron chi connectivity index (χ1n) is 11.8. The van der Waals surface area contributed by atoms with E-state index in [9.17, 15) is 9.18 Å². The Labute approximate surface area is 206 Å². The predicted molar refractivity (Wildman–Crippen MR) is 135 cm³/mol. The highest BCUT2D eigenvalue weighted by atomic mass is 19.1. The first-order chi connectivity index (χ1) is 17.0. The zero-order valence-electron chi connectivity index (χ0n) is 20.2. The number of carbonyl (C=O) groups is 1. The van der Waals surface area contributed by atoms with E-state index >= 15 is 0 Å². The lowest BCUT2D eigenvalue weighted by Gasteiger charge is -2.36. The van der Waals surface area contributed by atoms with Crippen LogP contribution in [0.1, 0.15) is 22.8 Å². The van der Waals surface area contributed by atoms with Crippen LogP contribution in [-0.4, -0.2) is 55.7 Å². The van der Waals surface area contributed by atoms with Crippen molar-refractivity contribution in [3.05, 3.63) is 95.3 Å². The topological polar surface area (TPSA) is 54.0 Å². The molecule has 1 unspecified atom stereocenters. The van der Waals surface area contributed by atoms with Crippen molar-refractivity contribution >= 4 is 11.7 Å². The summed E-state index contributed by atoms with van der Waals surface area (Å²) in [7, 11) is 1.66. The first-order valence-corrected chi connectivity index (χ1v) is 11.8. The number of carbonyl (C=O) groups excluding carboxylic acids is 1. The molecular formula is C28H32FN3O3. The Kier molecular flexibility index (Phi) is 8.34. The van der Waals surface area contributed by atoms with Gasteiger partial charge >= 0.3 is 6.03 Å². The van der Waals surface area contributed by atoms with Crippen LogP contribution < -0.4 is 10.1 Å². The molecule has 0 spiro atoms. The Morgan fingerprint density at radius 3 is 2.40 bits per heavy atom. The van der Waals surface area contributed by atoms with Crippen LogP contribution in [0.5, 0.6) is 5.75 Å². The molecule has 3 aromatic carbocycles. The highest BCUT2D eigenvalue weighted by molar-refractivity contribution is 5.89. The van der Waals surface area contributed by atoms with Crippen molar-refractivity contribution in [1.29, 1.82) is 0 Å². The number of amides is 2.